The van der Waals surface area contributed by atoms with Crippen molar-refractivity contribution in [3.63, 3.8) is 0 Å². The lowest BCUT2D eigenvalue weighted by atomic mass is 9.96. The van der Waals surface area contributed by atoms with Crippen LogP contribution in [0, 0.1) is 5.41 Å². The molecule has 0 spiro atoms. The van der Waals surface area contributed by atoms with E-state index < -0.39 is 0 Å². The summed E-state index contributed by atoms with van der Waals surface area (Å²) in [5, 5.41) is 3.98. The van der Waals surface area contributed by atoms with Gasteiger partial charge in [-0.05, 0) is 5.41 Å². The number of anilines is 2. The van der Waals surface area contributed by atoms with Crippen molar-refractivity contribution in [2.45, 2.75) is 20.8 Å². The van der Waals surface area contributed by atoms with Crippen LogP contribution in [0.3, 0.4) is 0 Å². The van der Waals surface area contributed by atoms with E-state index in [9.17, 15) is 0 Å². The van der Waals surface area contributed by atoms with Crippen molar-refractivity contribution in [3.05, 3.63) is 12.7 Å². The molecule has 0 aliphatic rings. The Morgan fingerprint density at radius 3 is 2.58 bits per heavy atom. The number of hydrogen-bond acceptors (Lipinski definition) is 7. The molecule has 19 heavy (non-hydrogen) atoms. The molecule has 2 aromatic heterocycles. The molecule has 0 amide bonds. The number of rotatable bonds is 3. The van der Waals surface area contributed by atoms with Gasteiger partial charge >= 0.3 is 0 Å². The third-order valence-corrected chi connectivity index (χ3v) is 2.31. The van der Waals surface area contributed by atoms with Crippen LogP contribution in [0.4, 0.5) is 11.9 Å². The second kappa shape index (κ2) is 4.79. The predicted octanol–water partition coefficient (Wildman–Crippen LogP) is 0.517. The summed E-state index contributed by atoms with van der Waals surface area (Å²) in [6.07, 6.45) is 2.93. The predicted molar refractivity (Wildman–Crippen MR) is 71.9 cm³/mol. The Bertz CT molecular complexity index is 542. The van der Waals surface area contributed by atoms with Crippen LogP contribution < -0.4 is 10.6 Å². The first-order valence-electron chi connectivity index (χ1n) is 5.93. The van der Waals surface area contributed by atoms with E-state index in [2.05, 4.69) is 45.8 Å². The maximum absolute atomic E-state index is 5.72. The Morgan fingerprint density at radius 2 is 2.00 bits per heavy atom. The zero-order valence-corrected chi connectivity index (χ0v) is 11.6. The molecule has 0 aromatic carbocycles. The van der Waals surface area contributed by atoms with E-state index in [1.807, 2.05) is 11.9 Å². The minimum atomic E-state index is 0.129. The van der Waals surface area contributed by atoms with Gasteiger partial charge in [0.1, 0.15) is 12.7 Å². The molecule has 8 heteroatoms. The maximum Gasteiger partial charge on any atom is 0.258 e. The third kappa shape index (κ3) is 3.36. The molecular formula is C11H18N8. The highest BCUT2D eigenvalue weighted by molar-refractivity contribution is 5.36. The summed E-state index contributed by atoms with van der Waals surface area (Å²) in [6, 6.07) is 0. The molecule has 0 radical (unpaired) electrons. The van der Waals surface area contributed by atoms with Crippen LogP contribution in [-0.2, 0) is 0 Å². The zero-order valence-electron chi connectivity index (χ0n) is 11.6. The van der Waals surface area contributed by atoms with Crippen LogP contribution in [0.25, 0.3) is 5.95 Å². The molecule has 0 aliphatic carbocycles. The van der Waals surface area contributed by atoms with E-state index in [0.717, 1.165) is 6.54 Å². The largest absolute Gasteiger partial charge is 0.368 e. The normalized spacial score (nSPS) is 11.6. The molecule has 0 aliphatic heterocycles. The van der Waals surface area contributed by atoms with E-state index in [-0.39, 0.29) is 11.4 Å². The van der Waals surface area contributed by atoms with Gasteiger partial charge in [-0.1, -0.05) is 20.8 Å². The fraction of sp³-hybridized carbons (Fsp3) is 0.545. The highest BCUT2D eigenvalue weighted by Crippen LogP contribution is 2.18. The lowest BCUT2D eigenvalue weighted by Gasteiger charge is -2.26. The second-order valence-electron chi connectivity index (χ2n) is 5.55. The fourth-order valence-electron chi connectivity index (χ4n) is 1.74. The Kier molecular flexibility index (Phi) is 3.32. The van der Waals surface area contributed by atoms with Crippen LogP contribution in [-0.4, -0.2) is 43.3 Å². The van der Waals surface area contributed by atoms with Gasteiger partial charge in [-0.3, -0.25) is 0 Å². The smallest absolute Gasteiger partial charge is 0.258 e. The molecule has 2 aromatic rings. The van der Waals surface area contributed by atoms with Crippen LogP contribution in [0.1, 0.15) is 20.8 Å². The second-order valence-corrected chi connectivity index (χ2v) is 5.55. The molecule has 0 fully saturated rings. The lowest BCUT2D eigenvalue weighted by molar-refractivity contribution is 0.416. The minimum absolute atomic E-state index is 0.129. The number of nitrogen functional groups attached to an aromatic ring is 1. The van der Waals surface area contributed by atoms with Gasteiger partial charge in [-0.15, -0.1) is 0 Å². The van der Waals surface area contributed by atoms with Crippen molar-refractivity contribution >= 4 is 11.9 Å². The summed E-state index contributed by atoms with van der Waals surface area (Å²) in [6.45, 7) is 7.23. The van der Waals surface area contributed by atoms with E-state index in [1.165, 1.54) is 17.3 Å². The van der Waals surface area contributed by atoms with Crippen molar-refractivity contribution in [2.24, 2.45) is 5.41 Å². The minimum Gasteiger partial charge on any atom is -0.368 e. The van der Waals surface area contributed by atoms with Gasteiger partial charge in [-0.2, -0.15) is 24.7 Å². The quantitative estimate of drug-likeness (QED) is 0.860. The average molecular weight is 262 g/mol. The van der Waals surface area contributed by atoms with Crippen molar-refractivity contribution < 1.29 is 0 Å². The van der Waals surface area contributed by atoms with Gasteiger partial charge in [0.05, 0.1) is 0 Å². The topological polar surface area (TPSA) is 98.6 Å². The molecular weight excluding hydrogens is 244 g/mol. The molecule has 0 saturated carbocycles. The number of hydrogen-bond donors (Lipinski definition) is 1. The summed E-state index contributed by atoms with van der Waals surface area (Å²) >= 11 is 0. The Hall–Kier alpha value is -2.25. The van der Waals surface area contributed by atoms with E-state index in [4.69, 9.17) is 5.73 Å². The first-order chi connectivity index (χ1) is 8.85. The molecule has 0 atom stereocenters. The summed E-state index contributed by atoms with van der Waals surface area (Å²) in [5.74, 6) is 1.05. The van der Waals surface area contributed by atoms with Crippen molar-refractivity contribution in [1.29, 1.82) is 0 Å². The van der Waals surface area contributed by atoms with Crippen molar-refractivity contribution in [2.75, 3.05) is 24.2 Å². The highest BCUT2D eigenvalue weighted by atomic mass is 15.4. The summed E-state index contributed by atoms with van der Waals surface area (Å²) in [4.78, 5) is 18.3. The SMILES string of the molecule is CN(CC(C)(C)C)c1nc(N)nc(-n2cncn2)n1. The van der Waals surface area contributed by atoms with Gasteiger partial charge in [0.15, 0.2) is 0 Å². The molecule has 0 bridgehead atoms. The molecule has 2 rings (SSSR count). The van der Waals surface area contributed by atoms with Crippen molar-refractivity contribution in [3.8, 4) is 5.95 Å². The molecule has 0 saturated heterocycles. The van der Waals surface area contributed by atoms with Gasteiger partial charge in [-0.25, -0.2) is 4.98 Å². The average Bonchev–Trinajstić information content (AvgIpc) is 2.79. The Morgan fingerprint density at radius 1 is 1.26 bits per heavy atom. The van der Waals surface area contributed by atoms with Crippen LogP contribution in [0.2, 0.25) is 0 Å². The lowest BCUT2D eigenvalue weighted by Crippen LogP contribution is -2.31. The first kappa shape index (κ1) is 13.2. The van der Waals surface area contributed by atoms with Gasteiger partial charge in [0, 0.05) is 13.6 Å². The first-order valence-corrected chi connectivity index (χ1v) is 5.93. The Labute approximate surface area is 111 Å². The van der Waals surface area contributed by atoms with Crippen LogP contribution in [0.5, 0.6) is 0 Å². The van der Waals surface area contributed by atoms with Crippen LogP contribution >= 0.6 is 0 Å². The monoisotopic (exact) mass is 262 g/mol. The van der Waals surface area contributed by atoms with Gasteiger partial charge in [0.2, 0.25) is 11.9 Å². The van der Waals surface area contributed by atoms with E-state index in [0.29, 0.717) is 11.9 Å². The summed E-state index contributed by atoms with van der Waals surface area (Å²) < 4.78 is 1.45. The number of nitrogens with two attached hydrogens (primary N) is 1. The molecule has 2 heterocycles. The molecule has 102 valence electrons. The van der Waals surface area contributed by atoms with Crippen LogP contribution in [0.15, 0.2) is 12.7 Å². The Balaban J connectivity index is 2.32. The molecule has 2 N–H and O–H groups in total. The summed E-state index contributed by atoms with van der Waals surface area (Å²) in [7, 11) is 1.92. The van der Waals surface area contributed by atoms with Gasteiger partial charge < -0.3 is 10.6 Å². The molecule has 0 unspecified atom stereocenters. The zero-order chi connectivity index (χ0) is 14.0. The number of nitrogens with zero attached hydrogens (tertiary/aromatic N) is 7. The van der Waals surface area contributed by atoms with Gasteiger partial charge in [0.25, 0.3) is 5.95 Å². The van der Waals surface area contributed by atoms with E-state index in [1.54, 1.807) is 0 Å². The third-order valence-electron chi connectivity index (χ3n) is 2.31. The number of aromatic nitrogens is 6. The maximum atomic E-state index is 5.72. The fourth-order valence-corrected chi connectivity index (χ4v) is 1.74. The van der Waals surface area contributed by atoms with E-state index >= 15 is 0 Å². The highest BCUT2D eigenvalue weighted by Gasteiger charge is 2.17. The van der Waals surface area contributed by atoms with Crippen molar-refractivity contribution in [1.82, 2.24) is 29.7 Å². The standard InChI is InChI=1S/C11H18N8/c1-11(2,3)5-18(4)9-15-8(12)16-10(17-9)19-7-13-6-14-19/h6-7H,5H2,1-4H3,(H2,12,15,16,17). The molecule has 8 nitrogen and oxygen atoms in total. The summed E-state index contributed by atoms with van der Waals surface area (Å²) in [5.41, 5.74) is 5.85.